The summed E-state index contributed by atoms with van der Waals surface area (Å²) < 4.78 is 24.1. The summed E-state index contributed by atoms with van der Waals surface area (Å²) in [7, 11) is 1.47. The number of esters is 1. The minimum Gasteiger partial charge on any atom is -0.507 e. The third kappa shape index (κ3) is 9.45. The number of nitrogens with one attached hydrogen (secondary N) is 1. The molecule has 0 radical (unpaired) electrons. The second-order valence-corrected chi connectivity index (χ2v) is 18.5. The van der Waals surface area contributed by atoms with Gasteiger partial charge >= 0.3 is 11.8 Å². The van der Waals surface area contributed by atoms with Crippen molar-refractivity contribution < 1.29 is 53.8 Å². The normalized spacial score (nSPS) is 31.6. The van der Waals surface area contributed by atoms with Gasteiger partial charge in [-0.3, -0.25) is 19.4 Å². The summed E-state index contributed by atoms with van der Waals surface area (Å²) in [6, 6.07) is 0. The van der Waals surface area contributed by atoms with Gasteiger partial charge in [0.2, 0.25) is 0 Å². The number of amides is 1. The Morgan fingerprint density at radius 3 is 2.28 bits per heavy atom. The van der Waals surface area contributed by atoms with Crippen LogP contribution in [0.15, 0.2) is 46.1 Å². The first-order valence-corrected chi connectivity index (χ1v) is 22.9. The summed E-state index contributed by atoms with van der Waals surface area (Å²) in [4.78, 5) is 53.2. The third-order valence-electron chi connectivity index (χ3n) is 13.9. The minimum atomic E-state index is -1.95. The van der Waals surface area contributed by atoms with Crippen LogP contribution in [-0.2, 0) is 23.8 Å². The van der Waals surface area contributed by atoms with Crippen LogP contribution in [0.4, 0.5) is 5.69 Å². The van der Waals surface area contributed by atoms with Crippen molar-refractivity contribution in [3.05, 3.63) is 58.0 Å². The zero-order valence-corrected chi connectivity index (χ0v) is 39.1. The fraction of sp³-hybridized carbons (Fsp3) is 0.612. The molecule has 350 valence electrons. The SMILES string of the molecule is CCCCCCCN1CCC2(CC1)N=c1c(c3c4c5c(C)c(O)c3c(O)c1=NC(=O)/C(C)=C\C=C\[C@H](C)[C@H](O)[C@@H](C)[C@@H](O)[C@@H](C)[C@H](OC(C)=O)[C@H](C)[C@@H](OC)/C=C/O[C@@](C)(O5)C4=O)N2. The van der Waals surface area contributed by atoms with E-state index in [-0.39, 0.29) is 49.7 Å². The predicted octanol–water partition coefficient (Wildman–Crippen LogP) is 6.06. The number of hydrogen-bond donors (Lipinski definition) is 5. The van der Waals surface area contributed by atoms with Crippen molar-refractivity contribution in [2.45, 2.75) is 143 Å². The number of phenols is 2. The molecule has 2 aromatic rings. The number of benzene rings is 2. The predicted molar refractivity (Wildman–Crippen MR) is 242 cm³/mol. The van der Waals surface area contributed by atoms with Gasteiger partial charge in [0.05, 0.1) is 41.2 Å². The molecule has 0 aliphatic carbocycles. The summed E-state index contributed by atoms with van der Waals surface area (Å²) in [6.45, 7) is 17.6. The van der Waals surface area contributed by atoms with Crippen molar-refractivity contribution in [2.24, 2.45) is 33.7 Å². The van der Waals surface area contributed by atoms with Crippen molar-refractivity contribution in [3.8, 4) is 17.2 Å². The molecule has 0 saturated carbocycles. The maximum Gasteiger partial charge on any atom is 0.312 e. The Hall–Kier alpha value is -4.83. The summed E-state index contributed by atoms with van der Waals surface area (Å²) in [5.41, 5.74) is -0.0797. The van der Waals surface area contributed by atoms with Crippen LogP contribution < -0.4 is 20.8 Å². The molecule has 1 fully saturated rings. The zero-order chi connectivity index (χ0) is 46.8. The number of unbranched alkanes of at least 4 members (excludes halogenated alkanes) is 4. The number of phenolic OH excluding ortho intramolecular Hbond substituents is 2. The van der Waals surface area contributed by atoms with Gasteiger partial charge in [-0.2, -0.15) is 0 Å². The molecule has 1 amide bonds. The van der Waals surface area contributed by atoms with Crippen LogP contribution in [0.1, 0.15) is 116 Å². The minimum absolute atomic E-state index is 0.0601. The number of Topliss-reactive ketones (excluding diaryl/α,β-unsaturated/α-hetero) is 1. The molecule has 5 N–H and O–H groups in total. The molecule has 9 atom stereocenters. The first-order valence-electron chi connectivity index (χ1n) is 22.9. The monoisotopic (exact) mass is 888 g/mol. The van der Waals surface area contributed by atoms with Crippen LogP contribution in [0.25, 0.3) is 10.8 Å². The van der Waals surface area contributed by atoms with Gasteiger partial charge in [-0.25, -0.2) is 4.99 Å². The molecule has 0 aromatic heterocycles. The summed E-state index contributed by atoms with van der Waals surface area (Å²) in [5.74, 6) is -7.00. The summed E-state index contributed by atoms with van der Waals surface area (Å²) in [5, 5.41) is 50.8. The maximum absolute atomic E-state index is 14.8. The molecule has 15 heteroatoms. The Bertz CT molecular complexity index is 2330. The zero-order valence-electron chi connectivity index (χ0n) is 39.1. The Balaban J connectivity index is 1.50. The van der Waals surface area contributed by atoms with Gasteiger partial charge in [-0.1, -0.05) is 78.5 Å². The number of methoxy groups -OCH3 is 1. The highest BCUT2D eigenvalue weighted by molar-refractivity contribution is 6.21. The number of ketones is 1. The molecular weight excluding hydrogens is 821 g/mol. The number of rotatable bonds is 8. The van der Waals surface area contributed by atoms with E-state index >= 15 is 0 Å². The second-order valence-electron chi connectivity index (χ2n) is 18.5. The lowest BCUT2D eigenvalue weighted by atomic mass is 9.78. The van der Waals surface area contributed by atoms with Gasteiger partial charge < -0.3 is 49.6 Å². The highest BCUT2D eigenvalue weighted by Gasteiger charge is 2.51. The lowest BCUT2D eigenvalue weighted by molar-refractivity contribution is -0.160. The van der Waals surface area contributed by atoms with Gasteiger partial charge in [0.25, 0.3) is 11.7 Å². The summed E-state index contributed by atoms with van der Waals surface area (Å²) in [6.07, 6.45) is 11.0. The fourth-order valence-electron chi connectivity index (χ4n) is 9.70. The van der Waals surface area contributed by atoms with E-state index in [1.54, 1.807) is 65.8 Å². The first-order chi connectivity index (χ1) is 30.3. The molecule has 5 aliphatic heterocycles. The molecule has 0 unspecified atom stereocenters. The molecule has 1 spiro atoms. The van der Waals surface area contributed by atoms with Crippen molar-refractivity contribution in [3.63, 3.8) is 0 Å². The Morgan fingerprint density at radius 2 is 1.62 bits per heavy atom. The molecular formula is C49H68N4O11. The number of aromatic hydroxyl groups is 2. The Labute approximate surface area is 375 Å². The number of nitrogens with zero attached hydrogens (tertiary/aromatic N) is 3. The van der Waals surface area contributed by atoms with E-state index in [0.717, 1.165) is 26.1 Å². The standard InChI is InChI=1S/C49H68N4O11/c1-11-12-13-14-15-22-53-23-20-49(21-24-53)51-37-34-35-42(57)31(7)45-36(34)46(59)48(9,64-45)62-25-19-33(61-10)28(4)44(63-32(8)54)30(6)41(56)29(5)40(55)26(2)17-16-18-27(3)47(60)50-39(43(35)58)38(37)52-49/h16-19,25-26,28-30,33,40-41,44,51,55-58H,11-15,20-24H2,1-10H3/b17-16+,25-19+,27-18-,50-39?/t26-,28+,29+,30+,33-,40-,41+,44+,48-/m0/s1. The second kappa shape index (κ2) is 19.7. The Morgan fingerprint density at radius 1 is 0.938 bits per heavy atom. The number of likely N-dealkylation sites (tertiary alicyclic amines) is 1. The van der Waals surface area contributed by atoms with E-state index in [4.69, 9.17) is 23.9 Å². The van der Waals surface area contributed by atoms with Gasteiger partial charge in [0.1, 0.15) is 34.0 Å². The van der Waals surface area contributed by atoms with E-state index < -0.39 is 82.9 Å². The highest BCUT2D eigenvalue weighted by Crippen LogP contribution is 2.51. The maximum atomic E-state index is 14.8. The molecule has 2 aromatic carbocycles. The van der Waals surface area contributed by atoms with Crippen LogP contribution in [0, 0.1) is 30.6 Å². The number of carbonyl (C=O) groups is 3. The topological polar surface area (TPSA) is 209 Å². The van der Waals surface area contributed by atoms with Crippen molar-refractivity contribution in [1.82, 2.24) is 4.90 Å². The molecule has 5 bridgehead atoms. The van der Waals surface area contributed by atoms with Gasteiger partial charge in [-0.05, 0) is 32.9 Å². The molecule has 64 heavy (non-hydrogen) atoms. The van der Waals surface area contributed by atoms with Gasteiger partial charge in [0, 0.05) is 87.1 Å². The van der Waals surface area contributed by atoms with Crippen LogP contribution in [0.3, 0.4) is 0 Å². The molecule has 5 heterocycles. The average molecular weight is 889 g/mol. The van der Waals surface area contributed by atoms with Crippen molar-refractivity contribution >= 4 is 34.1 Å². The van der Waals surface area contributed by atoms with Crippen molar-refractivity contribution in [2.75, 3.05) is 32.1 Å². The molecule has 7 rings (SSSR count). The molecule has 1 saturated heterocycles. The van der Waals surface area contributed by atoms with Gasteiger partial charge in [0.15, 0.2) is 5.75 Å². The quantitative estimate of drug-likeness (QED) is 0.116. The fourth-order valence-corrected chi connectivity index (χ4v) is 9.70. The van der Waals surface area contributed by atoms with Crippen LogP contribution in [-0.4, -0.2) is 106 Å². The lowest BCUT2D eigenvalue weighted by Crippen LogP contribution is -2.47. The number of fused-ring (bicyclic) bond motifs is 13. The molecule has 15 nitrogen and oxygen atoms in total. The third-order valence-corrected chi connectivity index (χ3v) is 13.9. The lowest BCUT2D eigenvalue weighted by Gasteiger charge is -2.38. The molecule has 5 aliphatic rings. The highest BCUT2D eigenvalue weighted by atomic mass is 16.7. The average Bonchev–Trinajstić information content (AvgIpc) is 3.76. The summed E-state index contributed by atoms with van der Waals surface area (Å²) >= 11 is 0. The number of anilines is 1. The number of allylic oxidation sites excluding steroid dienone is 2. The van der Waals surface area contributed by atoms with Crippen molar-refractivity contribution in [1.29, 1.82) is 0 Å². The van der Waals surface area contributed by atoms with Crippen LogP contribution in [0.2, 0.25) is 0 Å². The number of carbonyl (C=O) groups excluding carboxylic acids is 3. The van der Waals surface area contributed by atoms with Crippen LogP contribution >= 0.6 is 0 Å². The van der Waals surface area contributed by atoms with Gasteiger partial charge in [-0.15, -0.1) is 0 Å². The number of aliphatic hydroxyl groups excluding tert-OH is 2. The van der Waals surface area contributed by atoms with E-state index in [1.165, 1.54) is 52.9 Å². The number of aliphatic hydroxyl groups is 2. The number of hydrogen-bond acceptors (Lipinski definition) is 14. The number of ether oxygens (including phenoxy) is 4. The largest absolute Gasteiger partial charge is 0.507 e. The van der Waals surface area contributed by atoms with E-state index in [0.29, 0.717) is 18.5 Å². The van der Waals surface area contributed by atoms with E-state index in [1.807, 2.05) is 0 Å². The Kier molecular flexibility index (Phi) is 15.0. The first kappa shape index (κ1) is 48.6. The number of piperidine rings is 1. The smallest absolute Gasteiger partial charge is 0.312 e. The van der Waals surface area contributed by atoms with Crippen LogP contribution in [0.5, 0.6) is 17.2 Å². The van der Waals surface area contributed by atoms with E-state index in [2.05, 4.69) is 22.1 Å². The van der Waals surface area contributed by atoms with E-state index in [9.17, 15) is 34.8 Å².